The maximum atomic E-state index is 11.6. The summed E-state index contributed by atoms with van der Waals surface area (Å²) in [6.45, 7) is 2.22. The number of rotatable bonds is 6. The Morgan fingerprint density at radius 2 is 2.10 bits per heavy atom. The number of carbonyl (C=O) groups is 1. The molecule has 0 saturated heterocycles. The first-order chi connectivity index (χ1) is 9.74. The predicted molar refractivity (Wildman–Crippen MR) is 79.7 cm³/mol. The van der Waals surface area contributed by atoms with Crippen molar-refractivity contribution in [3.8, 4) is 5.75 Å². The largest absolute Gasteiger partial charge is 0.493 e. The summed E-state index contributed by atoms with van der Waals surface area (Å²) in [7, 11) is 0. The molecule has 2 aromatic rings. The summed E-state index contributed by atoms with van der Waals surface area (Å²) in [5.41, 5.74) is 1.03. The first-order valence-corrected chi connectivity index (χ1v) is 7.74. The quantitative estimate of drug-likeness (QED) is 0.758. The van der Waals surface area contributed by atoms with Gasteiger partial charge in [0.05, 0.1) is 22.2 Å². The van der Waals surface area contributed by atoms with Crippen molar-refractivity contribution in [2.24, 2.45) is 0 Å². The van der Waals surface area contributed by atoms with Crippen LogP contribution in [0.2, 0.25) is 0 Å². The average Bonchev–Trinajstić information content (AvgIpc) is 3.20. The number of ketones is 1. The van der Waals surface area contributed by atoms with Crippen molar-refractivity contribution in [3.63, 3.8) is 0 Å². The number of aromatic nitrogens is 1. The third kappa shape index (κ3) is 3.07. The fourth-order valence-electron chi connectivity index (χ4n) is 2.14. The van der Waals surface area contributed by atoms with E-state index >= 15 is 0 Å². The second-order valence-corrected chi connectivity index (χ2v) is 6.15. The Kier molecular flexibility index (Phi) is 3.83. The fourth-order valence-corrected chi connectivity index (χ4v) is 3.17. The van der Waals surface area contributed by atoms with E-state index in [1.807, 2.05) is 30.3 Å². The van der Waals surface area contributed by atoms with Crippen LogP contribution in [0.3, 0.4) is 0 Å². The third-order valence-electron chi connectivity index (χ3n) is 3.31. The molecule has 3 rings (SSSR count). The van der Waals surface area contributed by atoms with E-state index in [1.54, 1.807) is 6.92 Å². The molecule has 1 aliphatic carbocycles. The highest BCUT2D eigenvalue weighted by molar-refractivity contribution is 7.13. The number of ether oxygens (including phenoxy) is 1. The van der Waals surface area contributed by atoms with Crippen LogP contribution in [0.5, 0.6) is 5.75 Å². The Balaban J connectivity index is 1.63. The summed E-state index contributed by atoms with van der Waals surface area (Å²) in [6, 6.07) is 9.77. The monoisotopic (exact) mass is 287 g/mol. The van der Waals surface area contributed by atoms with E-state index in [0.717, 1.165) is 27.7 Å². The van der Waals surface area contributed by atoms with Crippen LogP contribution in [0.4, 0.5) is 0 Å². The van der Waals surface area contributed by atoms with E-state index in [2.05, 4.69) is 4.98 Å². The van der Waals surface area contributed by atoms with Gasteiger partial charge in [-0.05, 0) is 25.0 Å². The van der Waals surface area contributed by atoms with E-state index < -0.39 is 0 Å². The minimum Gasteiger partial charge on any atom is -0.493 e. The number of benzene rings is 1. The van der Waals surface area contributed by atoms with Gasteiger partial charge < -0.3 is 4.74 Å². The molecule has 1 aromatic heterocycles. The average molecular weight is 287 g/mol. The predicted octanol–water partition coefficient (Wildman–Crippen LogP) is 3.84. The van der Waals surface area contributed by atoms with Crippen molar-refractivity contribution >= 4 is 17.1 Å². The summed E-state index contributed by atoms with van der Waals surface area (Å²) < 4.78 is 5.68. The lowest BCUT2D eigenvalue weighted by molar-refractivity contribution is 0.102. The molecular weight excluding hydrogens is 270 g/mol. The van der Waals surface area contributed by atoms with E-state index in [1.165, 1.54) is 24.2 Å². The third-order valence-corrected chi connectivity index (χ3v) is 4.54. The molecule has 1 fully saturated rings. The molecule has 20 heavy (non-hydrogen) atoms. The molecule has 3 nitrogen and oxygen atoms in total. The Hall–Kier alpha value is -1.68. The van der Waals surface area contributed by atoms with Gasteiger partial charge in [0, 0.05) is 19.3 Å². The summed E-state index contributed by atoms with van der Waals surface area (Å²) in [5, 5.41) is 1.01. The first-order valence-electron chi connectivity index (χ1n) is 6.92. The Morgan fingerprint density at radius 1 is 1.35 bits per heavy atom. The molecule has 0 radical (unpaired) electrons. The van der Waals surface area contributed by atoms with E-state index in [4.69, 9.17) is 4.74 Å². The van der Waals surface area contributed by atoms with Gasteiger partial charge in [0.1, 0.15) is 5.75 Å². The van der Waals surface area contributed by atoms with Crippen LogP contribution in [0.25, 0.3) is 0 Å². The highest BCUT2D eigenvalue weighted by Crippen LogP contribution is 2.42. The number of hydrogen-bond acceptors (Lipinski definition) is 4. The van der Waals surface area contributed by atoms with Crippen molar-refractivity contribution in [1.82, 2.24) is 4.98 Å². The summed E-state index contributed by atoms with van der Waals surface area (Å²) in [6.07, 6.45) is 3.10. The van der Waals surface area contributed by atoms with Crippen molar-refractivity contribution in [3.05, 3.63) is 45.9 Å². The van der Waals surface area contributed by atoms with Gasteiger partial charge in [0.15, 0.2) is 5.78 Å². The molecule has 104 valence electrons. The normalized spacial score (nSPS) is 14.2. The van der Waals surface area contributed by atoms with E-state index in [9.17, 15) is 4.79 Å². The molecule has 1 aromatic carbocycles. The van der Waals surface area contributed by atoms with Crippen molar-refractivity contribution in [2.75, 3.05) is 6.61 Å². The van der Waals surface area contributed by atoms with Crippen molar-refractivity contribution < 1.29 is 9.53 Å². The van der Waals surface area contributed by atoms with Gasteiger partial charge in [-0.25, -0.2) is 4.98 Å². The SMILES string of the molecule is CC(=O)c1sc(CCOc2ccccc2)nc1C1CC1. The highest BCUT2D eigenvalue weighted by Gasteiger charge is 2.30. The minimum absolute atomic E-state index is 0.139. The van der Waals surface area contributed by atoms with E-state index in [0.29, 0.717) is 12.5 Å². The maximum absolute atomic E-state index is 11.6. The number of hydrogen-bond donors (Lipinski definition) is 0. The summed E-state index contributed by atoms with van der Waals surface area (Å²) in [5.74, 6) is 1.53. The number of para-hydroxylation sites is 1. The van der Waals surface area contributed by atoms with Crippen LogP contribution >= 0.6 is 11.3 Å². The van der Waals surface area contributed by atoms with Crippen LogP contribution in [-0.4, -0.2) is 17.4 Å². The van der Waals surface area contributed by atoms with Gasteiger partial charge in [-0.15, -0.1) is 11.3 Å². The molecule has 0 aliphatic heterocycles. The lowest BCUT2D eigenvalue weighted by Gasteiger charge is -2.03. The second kappa shape index (κ2) is 5.75. The Bertz CT molecular complexity index is 602. The molecule has 1 aliphatic rings. The molecule has 0 amide bonds. The summed E-state index contributed by atoms with van der Waals surface area (Å²) in [4.78, 5) is 17.1. The zero-order chi connectivity index (χ0) is 13.9. The number of Topliss-reactive ketones (excluding diaryl/α,β-unsaturated/α-hetero) is 1. The molecule has 0 atom stereocenters. The molecule has 0 bridgehead atoms. The Morgan fingerprint density at radius 3 is 2.75 bits per heavy atom. The first kappa shape index (κ1) is 13.3. The van der Waals surface area contributed by atoms with Crippen LogP contribution in [0, 0.1) is 0 Å². The van der Waals surface area contributed by atoms with Crippen molar-refractivity contribution in [2.45, 2.75) is 32.1 Å². The molecular formula is C16H17NO2S. The zero-order valence-electron chi connectivity index (χ0n) is 11.5. The van der Waals surface area contributed by atoms with Crippen LogP contribution in [0.15, 0.2) is 30.3 Å². The molecule has 0 N–H and O–H groups in total. The van der Waals surface area contributed by atoms with Crippen LogP contribution in [0.1, 0.15) is 46.1 Å². The highest BCUT2D eigenvalue weighted by atomic mass is 32.1. The number of thiazole rings is 1. The van der Waals surface area contributed by atoms with Crippen LogP contribution < -0.4 is 4.74 Å². The molecule has 1 heterocycles. The van der Waals surface area contributed by atoms with Gasteiger partial charge in [0.2, 0.25) is 0 Å². The van der Waals surface area contributed by atoms with Gasteiger partial charge >= 0.3 is 0 Å². The van der Waals surface area contributed by atoms with Gasteiger partial charge in [0.25, 0.3) is 0 Å². The van der Waals surface area contributed by atoms with Crippen LogP contribution in [-0.2, 0) is 6.42 Å². The van der Waals surface area contributed by atoms with Gasteiger partial charge in [-0.3, -0.25) is 4.79 Å². The number of nitrogens with zero attached hydrogens (tertiary/aromatic N) is 1. The van der Waals surface area contributed by atoms with E-state index in [-0.39, 0.29) is 5.78 Å². The van der Waals surface area contributed by atoms with Crippen molar-refractivity contribution in [1.29, 1.82) is 0 Å². The van der Waals surface area contributed by atoms with Gasteiger partial charge in [-0.1, -0.05) is 18.2 Å². The second-order valence-electron chi connectivity index (χ2n) is 5.06. The minimum atomic E-state index is 0.139. The summed E-state index contributed by atoms with van der Waals surface area (Å²) >= 11 is 1.53. The smallest absolute Gasteiger partial charge is 0.171 e. The molecule has 0 spiro atoms. The topological polar surface area (TPSA) is 39.2 Å². The molecule has 4 heteroatoms. The molecule has 1 saturated carbocycles. The Labute approximate surface area is 122 Å². The maximum Gasteiger partial charge on any atom is 0.171 e. The zero-order valence-corrected chi connectivity index (χ0v) is 12.3. The standard InChI is InChI=1S/C16H17NO2S/c1-11(18)16-15(12-7-8-12)17-14(20-16)9-10-19-13-5-3-2-4-6-13/h2-6,12H,7-10H2,1H3. The van der Waals surface area contributed by atoms with Gasteiger partial charge in [-0.2, -0.15) is 0 Å². The lowest BCUT2D eigenvalue weighted by Crippen LogP contribution is -2.01. The lowest BCUT2D eigenvalue weighted by atomic mass is 10.2. The fraction of sp³-hybridized carbons (Fsp3) is 0.375. The molecule has 0 unspecified atom stereocenters. The number of carbonyl (C=O) groups excluding carboxylic acids is 1.